The average Bonchev–Trinajstić information content (AvgIpc) is 3.08. The van der Waals surface area contributed by atoms with Gasteiger partial charge in [0.1, 0.15) is 16.5 Å². The highest BCUT2D eigenvalue weighted by molar-refractivity contribution is 7.89. The van der Waals surface area contributed by atoms with Gasteiger partial charge in [0, 0.05) is 30.9 Å². The zero-order chi connectivity index (χ0) is 22.0. The van der Waals surface area contributed by atoms with Crippen LogP contribution in [0.2, 0.25) is 0 Å². The summed E-state index contributed by atoms with van der Waals surface area (Å²) in [7, 11) is -2.37. The average molecular weight is 447 g/mol. The normalized spacial score (nSPS) is 17.7. The predicted octanol–water partition coefficient (Wildman–Crippen LogP) is 3.99. The number of hydrogen-bond donors (Lipinski definition) is 0. The molecule has 4 rings (SSSR count). The molecule has 0 saturated carbocycles. The number of hydrogen-bond acceptors (Lipinski definition) is 4. The maximum Gasteiger partial charge on any atom is 0.258 e. The monoisotopic (exact) mass is 446 g/mol. The van der Waals surface area contributed by atoms with E-state index in [1.807, 2.05) is 0 Å². The van der Waals surface area contributed by atoms with E-state index in [4.69, 9.17) is 4.74 Å². The number of ether oxygens (including phenoxy) is 1. The van der Waals surface area contributed by atoms with E-state index in [-0.39, 0.29) is 27.9 Å². The standard InChI is InChI=1S/C23H27FN2O4S/c1-30-21-11-8-18(16-22(21)31(28,29)25-12-4-2-3-5-13-25)23(27)26-14-6-7-17-15-19(24)9-10-20(17)26/h8-11,15-16H,2-7,12-14H2,1H3. The maximum atomic E-state index is 13.6. The fourth-order valence-corrected chi connectivity index (χ4v) is 6.06. The summed E-state index contributed by atoms with van der Waals surface area (Å²) in [5.41, 5.74) is 1.72. The Morgan fingerprint density at radius 1 is 0.968 bits per heavy atom. The Bertz CT molecular complexity index is 1080. The van der Waals surface area contributed by atoms with Crippen LogP contribution in [-0.2, 0) is 16.4 Å². The highest BCUT2D eigenvalue weighted by Crippen LogP contribution is 2.32. The molecule has 166 valence electrons. The number of carbonyl (C=O) groups excluding carboxylic acids is 1. The van der Waals surface area contributed by atoms with Crippen LogP contribution in [0.5, 0.6) is 5.75 Å². The first kappa shape index (κ1) is 21.8. The largest absolute Gasteiger partial charge is 0.495 e. The van der Waals surface area contributed by atoms with Crippen molar-refractivity contribution in [3.05, 3.63) is 53.3 Å². The molecule has 1 amide bonds. The van der Waals surface area contributed by atoms with Crippen molar-refractivity contribution in [2.75, 3.05) is 31.6 Å². The SMILES string of the molecule is COc1ccc(C(=O)N2CCCc3cc(F)ccc32)cc1S(=O)(=O)N1CCCCCC1. The molecule has 2 aliphatic rings. The van der Waals surface area contributed by atoms with Crippen molar-refractivity contribution in [2.45, 2.75) is 43.4 Å². The molecule has 0 radical (unpaired) electrons. The van der Waals surface area contributed by atoms with E-state index in [1.165, 1.54) is 35.7 Å². The highest BCUT2D eigenvalue weighted by Gasteiger charge is 2.31. The second kappa shape index (κ2) is 8.96. The van der Waals surface area contributed by atoms with Crippen LogP contribution in [0.15, 0.2) is 41.3 Å². The third-order valence-corrected chi connectivity index (χ3v) is 7.92. The number of anilines is 1. The van der Waals surface area contributed by atoms with Gasteiger partial charge in [-0.2, -0.15) is 4.31 Å². The molecule has 0 spiro atoms. The first-order chi connectivity index (χ1) is 14.9. The summed E-state index contributed by atoms with van der Waals surface area (Å²) >= 11 is 0. The Kier molecular flexibility index (Phi) is 6.29. The molecule has 0 aliphatic carbocycles. The third-order valence-electron chi connectivity index (χ3n) is 6.00. The Labute approximate surface area is 182 Å². The Morgan fingerprint density at radius 2 is 1.71 bits per heavy atom. The minimum atomic E-state index is -3.79. The summed E-state index contributed by atoms with van der Waals surface area (Å²) in [5.74, 6) is -0.409. The van der Waals surface area contributed by atoms with Crippen molar-refractivity contribution in [2.24, 2.45) is 0 Å². The van der Waals surface area contributed by atoms with E-state index in [9.17, 15) is 17.6 Å². The maximum absolute atomic E-state index is 13.6. The molecule has 2 aliphatic heterocycles. The lowest BCUT2D eigenvalue weighted by atomic mass is 10.0. The smallest absolute Gasteiger partial charge is 0.258 e. The molecular weight excluding hydrogens is 419 g/mol. The molecule has 0 bridgehead atoms. The first-order valence-corrected chi connectivity index (χ1v) is 12.1. The fraction of sp³-hybridized carbons (Fsp3) is 0.435. The lowest BCUT2D eigenvalue weighted by Gasteiger charge is -2.30. The number of fused-ring (bicyclic) bond motifs is 1. The lowest BCUT2D eigenvalue weighted by molar-refractivity contribution is 0.0985. The van der Waals surface area contributed by atoms with E-state index >= 15 is 0 Å². The quantitative estimate of drug-likeness (QED) is 0.712. The van der Waals surface area contributed by atoms with E-state index in [0.29, 0.717) is 31.7 Å². The number of methoxy groups -OCH3 is 1. The topological polar surface area (TPSA) is 66.9 Å². The summed E-state index contributed by atoms with van der Waals surface area (Å²) in [6, 6.07) is 8.94. The Balaban J connectivity index is 1.70. The Hall–Kier alpha value is -2.45. The molecule has 8 heteroatoms. The van der Waals surface area contributed by atoms with Crippen molar-refractivity contribution in [3.8, 4) is 5.75 Å². The van der Waals surface area contributed by atoms with Crippen LogP contribution in [0.4, 0.5) is 10.1 Å². The molecule has 6 nitrogen and oxygen atoms in total. The van der Waals surface area contributed by atoms with Gasteiger partial charge in [-0.05, 0) is 67.6 Å². The second-order valence-electron chi connectivity index (χ2n) is 8.02. The molecule has 2 aromatic carbocycles. The molecule has 0 unspecified atom stereocenters. The molecule has 2 heterocycles. The molecular formula is C23H27FN2O4S. The number of halogens is 1. The van der Waals surface area contributed by atoms with E-state index in [2.05, 4.69) is 0 Å². The van der Waals surface area contributed by atoms with Gasteiger partial charge >= 0.3 is 0 Å². The van der Waals surface area contributed by atoms with Crippen LogP contribution in [0.1, 0.15) is 48.0 Å². The van der Waals surface area contributed by atoms with Crippen LogP contribution < -0.4 is 9.64 Å². The van der Waals surface area contributed by atoms with Crippen LogP contribution in [0.3, 0.4) is 0 Å². The van der Waals surface area contributed by atoms with Crippen molar-refractivity contribution < 1.29 is 22.3 Å². The lowest BCUT2D eigenvalue weighted by Crippen LogP contribution is -2.36. The van der Waals surface area contributed by atoms with Gasteiger partial charge in [-0.1, -0.05) is 12.8 Å². The summed E-state index contributed by atoms with van der Waals surface area (Å²) in [4.78, 5) is 15.0. The van der Waals surface area contributed by atoms with E-state index < -0.39 is 10.0 Å². The molecule has 0 aromatic heterocycles. The van der Waals surface area contributed by atoms with Crippen molar-refractivity contribution >= 4 is 21.6 Å². The van der Waals surface area contributed by atoms with Crippen LogP contribution in [-0.4, -0.2) is 45.4 Å². The molecule has 0 atom stereocenters. The Morgan fingerprint density at radius 3 is 2.42 bits per heavy atom. The van der Waals surface area contributed by atoms with Gasteiger partial charge < -0.3 is 9.64 Å². The molecule has 31 heavy (non-hydrogen) atoms. The summed E-state index contributed by atoms with van der Waals surface area (Å²) < 4.78 is 47.2. The van der Waals surface area contributed by atoms with Gasteiger partial charge in [0.25, 0.3) is 5.91 Å². The molecule has 0 N–H and O–H groups in total. The third kappa shape index (κ3) is 4.32. The number of carbonyl (C=O) groups is 1. The number of nitrogens with zero attached hydrogens (tertiary/aromatic N) is 2. The predicted molar refractivity (Wildman–Crippen MR) is 117 cm³/mol. The van der Waals surface area contributed by atoms with Gasteiger partial charge in [-0.3, -0.25) is 4.79 Å². The number of benzene rings is 2. The number of rotatable bonds is 4. The van der Waals surface area contributed by atoms with Crippen molar-refractivity contribution in [1.82, 2.24) is 4.31 Å². The zero-order valence-corrected chi connectivity index (χ0v) is 18.5. The highest BCUT2D eigenvalue weighted by atomic mass is 32.2. The van der Waals surface area contributed by atoms with E-state index in [1.54, 1.807) is 17.0 Å². The second-order valence-corrected chi connectivity index (χ2v) is 9.92. The number of sulfonamides is 1. The van der Waals surface area contributed by atoms with Crippen LogP contribution in [0.25, 0.3) is 0 Å². The fourth-order valence-electron chi connectivity index (χ4n) is 4.36. The summed E-state index contributed by atoms with van der Waals surface area (Å²) in [6.07, 6.45) is 5.08. The minimum absolute atomic E-state index is 0.0130. The van der Waals surface area contributed by atoms with Gasteiger partial charge in [0.15, 0.2) is 0 Å². The summed E-state index contributed by atoms with van der Waals surface area (Å²) in [5, 5.41) is 0. The number of aryl methyl sites for hydroxylation is 1. The van der Waals surface area contributed by atoms with Crippen LogP contribution >= 0.6 is 0 Å². The zero-order valence-electron chi connectivity index (χ0n) is 17.6. The molecule has 1 fully saturated rings. The number of amides is 1. The van der Waals surface area contributed by atoms with Gasteiger partial charge in [-0.25, -0.2) is 12.8 Å². The van der Waals surface area contributed by atoms with Crippen molar-refractivity contribution in [3.63, 3.8) is 0 Å². The van der Waals surface area contributed by atoms with Gasteiger partial charge in [0.2, 0.25) is 10.0 Å². The molecule has 1 saturated heterocycles. The minimum Gasteiger partial charge on any atom is -0.495 e. The molecule has 2 aromatic rings. The van der Waals surface area contributed by atoms with Crippen molar-refractivity contribution in [1.29, 1.82) is 0 Å². The van der Waals surface area contributed by atoms with Gasteiger partial charge in [-0.15, -0.1) is 0 Å². The summed E-state index contributed by atoms with van der Waals surface area (Å²) in [6.45, 7) is 1.43. The first-order valence-electron chi connectivity index (χ1n) is 10.7. The van der Waals surface area contributed by atoms with Gasteiger partial charge in [0.05, 0.1) is 7.11 Å². The van der Waals surface area contributed by atoms with Crippen LogP contribution in [0, 0.1) is 5.82 Å². The van der Waals surface area contributed by atoms with E-state index in [0.717, 1.165) is 37.7 Å².